The summed E-state index contributed by atoms with van der Waals surface area (Å²) in [6.07, 6.45) is 8.05. The van der Waals surface area contributed by atoms with Gasteiger partial charge in [-0.3, -0.25) is 0 Å². The normalized spacial score (nSPS) is 11.8. The number of H-pyrrole nitrogens is 2. The number of aromatic nitrogens is 4. The van der Waals surface area contributed by atoms with Gasteiger partial charge in [0.1, 0.15) is 0 Å². The van der Waals surface area contributed by atoms with E-state index >= 15 is 0 Å². The average molecular weight is 420 g/mol. The molecule has 0 fully saturated rings. The fourth-order valence-corrected chi connectivity index (χ4v) is 3.41. The second-order valence-corrected chi connectivity index (χ2v) is 7.39. The van der Waals surface area contributed by atoms with Crippen molar-refractivity contribution in [3.8, 4) is 11.5 Å². The van der Waals surface area contributed by atoms with Crippen molar-refractivity contribution in [1.29, 1.82) is 0 Å². The number of aromatic hydroxyl groups is 2. The van der Waals surface area contributed by atoms with Crippen LogP contribution in [0.2, 0.25) is 0 Å². The van der Waals surface area contributed by atoms with E-state index in [9.17, 15) is 0 Å². The number of hydrogen-bond acceptors (Lipinski definition) is 4. The van der Waals surface area contributed by atoms with Crippen LogP contribution in [0.3, 0.4) is 0 Å². The molecule has 0 saturated carbocycles. The molecule has 32 heavy (non-hydrogen) atoms. The molecule has 8 bridgehead atoms. The Morgan fingerprint density at radius 2 is 0.844 bits per heavy atom. The molecule has 5 heterocycles. The fourth-order valence-electron chi connectivity index (χ4n) is 3.41. The standard InChI is InChI=1S/C20H14N4.C6H6O2/c1-2-14-10-16-5-6-18(23-16)12-20-8-7-19(24-20)11-17-4-3-15(22-17)9-13(1)21-14;7-5-3-1-2-4-6(5)8/h1-12,21-22H;1-4,7-8H. The molecule has 0 aliphatic carbocycles. The monoisotopic (exact) mass is 420 g/mol. The first kappa shape index (κ1) is 19.4. The fraction of sp³-hybridized carbons (Fsp3) is 0. The van der Waals surface area contributed by atoms with Crippen LogP contribution < -0.4 is 0 Å². The summed E-state index contributed by atoms with van der Waals surface area (Å²) in [7, 11) is 0. The van der Waals surface area contributed by atoms with Gasteiger partial charge in [-0.15, -0.1) is 0 Å². The van der Waals surface area contributed by atoms with Crippen molar-refractivity contribution < 1.29 is 10.2 Å². The van der Waals surface area contributed by atoms with E-state index in [2.05, 4.69) is 50.3 Å². The first-order valence-corrected chi connectivity index (χ1v) is 10.1. The number of benzene rings is 1. The van der Waals surface area contributed by atoms with E-state index in [0.717, 1.165) is 44.8 Å². The van der Waals surface area contributed by atoms with Crippen molar-refractivity contribution in [1.82, 2.24) is 19.9 Å². The molecule has 0 atom stereocenters. The summed E-state index contributed by atoms with van der Waals surface area (Å²) < 4.78 is 0. The molecule has 0 unspecified atom stereocenters. The Bertz CT molecular complexity index is 1400. The molecule has 0 spiro atoms. The quantitative estimate of drug-likeness (QED) is 0.235. The van der Waals surface area contributed by atoms with E-state index in [1.54, 1.807) is 12.1 Å². The zero-order valence-corrected chi connectivity index (χ0v) is 17.0. The minimum atomic E-state index is -0.0764. The zero-order chi connectivity index (χ0) is 21.9. The number of rotatable bonds is 0. The first-order chi connectivity index (χ1) is 15.6. The summed E-state index contributed by atoms with van der Waals surface area (Å²) in [6.45, 7) is 0. The molecule has 6 rings (SSSR count). The second-order valence-electron chi connectivity index (χ2n) is 7.39. The molecule has 2 aliphatic rings. The van der Waals surface area contributed by atoms with Gasteiger partial charge in [-0.2, -0.15) is 0 Å². The lowest BCUT2D eigenvalue weighted by Crippen LogP contribution is -1.77. The summed E-state index contributed by atoms with van der Waals surface area (Å²) in [4.78, 5) is 16.0. The molecule has 0 radical (unpaired) electrons. The van der Waals surface area contributed by atoms with Gasteiger partial charge in [-0.1, -0.05) is 12.1 Å². The maximum atomic E-state index is 8.67. The topological polar surface area (TPSA) is 97.8 Å². The number of nitrogens with one attached hydrogen (secondary N) is 2. The van der Waals surface area contributed by atoms with Crippen molar-refractivity contribution in [2.45, 2.75) is 0 Å². The van der Waals surface area contributed by atoms with E-state index in [1.807, 2.05) is 42.5 Å². The van der Waals surface area contributed by atoms with Crippen molar-refractivity contribution in [3.63, 3.8) is 0 Å². The van der Waals surface area contributed by atoms with Crippen LogP contribution >= 0.6 is 0 Å². The van der Waals surface area contributed by atoms with E-state index < -0.39 is 0 Å². The highest BCUT2D eigenvalue weighted by Crippen LogP contribution is 2.21. The number of aromatic amines is 2. The van der Waals surface area contributed by atoms with Crippen LogP contribution in [-0.4, -0.2) is 30.1 Å². The van der Waals surface area contributed by atoms with E-state index in [-0.39, 0.29) is 11.5 Å². The van der Waals surface area contributed by atoms with Gasteiger partial charge >= 0.3 is 0 Å². The predicted octanol–water partition coefficient (Wildman–Crippen LogP) is 5.75. The van der Waals surface area contributed by atoms with Crippen LogP contribution in [0.4, 0.5) is 0 Å². The Hall–Kier alpha value is -4.58. The average Bonchev–Trinajstić information content (AvgIpc) is 3.57. The maximum Gasteiger partial charge on any atom is 0.157 e. The predicted molar refractivity (Wildman–Crippen MR) is 129 cm³/mol. The van der Waals surface area contributed by atoms with Gasteiger partial charge in [-0.05, 0) is 85.0 Å². The Morgan fingerprint density at radius 1 is 0.469 bits per heavy atom. The van der Waals surface area contributed by atoms with Gasteiger partial charge in [0.15, 0.2) is 11.5 Å². The maximum absolute atomic E-state index is 8.67. The molecule has 4 aromatic rings. The largest absolute Gasteiger partial charge is 0.504 e. The minimum absolute atomic E-state index is 0.0764. The molecule has 4 N–H and O–H groups in total. The number of phenolic OH excluding ortho intramolecular Hbond substituents is 2. The van der Waals surface area contributed by atoms with Gasteiger partial charge in [0.25, 0.3) is 0 Å². The third-order valence-corrected chi connectivity index (χ3v) is 4.92. The number of hydrogen-bond donors (Lipinski definition) is 4. The van der Waals surface area contributed by atoms with Crippen LogP contribution in [0.1, 0.15) is 22.8 Å². The van der Waals surface area contributed by atoms with Crippen LogP contribution in [0.25, 0.3) is 46.4 Å². The molecule has 6 heteroatoms. The van der Waals surface area contributed by atoms with Gasteiger partial charge in [0.05, 0.1) is 22.8 Å². The molecule has 2 aliphatic heterocycles. The highest BCUT2D eigenvalue weighted by molar-refractivity contribution is 5.77. The van der Waals surface area contributed by atoms with E-state index in [4.69, 9.17) is 10.2 Å². The number of nitrogens with zero attached hydrogens (tertiary/aromatic N) is 2. The molecule has 156 valence electrons. The van der Waals surface area contributed by atoms with Crippen molar-refractivity contribution in [2.24, 2.45) is 0 Å². The first-order valence-electron chi connectivity index (χ1n) is 10.1. The van der Waals surface area contributed by atoms with E-state index in [1.165, 1.54) is 12.1 Å². The highest BCUT2D eigenvalue weighted by Gasteiger charge is 2.02. The zero-order valence-electron chi connectivity index (χ0n) is 17.0. The SMILES string of the molecule is C1=Cc2cc3ccc(cc4ccc(cc5nc(cc1n2)C=C5)[nH]4)[nH]3.Oc1ccccc1O. The lowest BCUT2D eigenvalue weighted by molar-refractivity contribution is 0.404. The van der Waals surface area contributed by atoms with Gasteiger partial charge in [0.2, 0.25) is 0 Å². The third-order valence-electron chi connectivity index (χ3n) is 4.92. The minimum Gasteiger partial charge on any atom is -0.504 e. The van der Waals surface area contributed by atoms with Crippen LogP contribution in [0.5, 0.6) is 11.5 Å². The van der Waals surface area contributed by atoms with Crippen molar-refractivity contribution in [3.05, 3.63) is 95.6 Å². The van der Waals surface area contributed by atoms with Crippen molar-refractivity contribution in [2.75, 3.05) is 0 Å². The smallest absolute Gasteiger partial charge is 0.157 e. The van der Waals surface area contributed by atoms with E-state index in [0.29, 0.717) is 0 Å². The lowest BCUT2D eigenvalue weighted by atomic mass is 10.3. The molecule has 6 nitrogen and oxygen atoms in total. The molecular weight excluding hydrogens is 400 g/mol. The summed E-state index contributed by atoms with van der Waals surface area (Å²) in [5, 5.41) is 17.3. The Balaban J connectivity index is 0.000000230. The van der Waals surface area contributed by atoms with Crippen molar-refractivity contribution >= 4 is 46.4 Å². The van der Waals surface area contributed by atoms with Gasteiger partial charge in [-0.25, -0.2) is 9.97 Å². The van der Waals surface area contributed by atoms with Crippen LogP contribution in [-0.2, 0) is 0 Å². The lowest BCUT2D eigenvalue weighted by Gasteiger charge is -1.91. The summed E-state index contributed by atoms with van der Waals surface area (Å²) >= 11 is 0. The summed E-state index contributed by atoms with van der Waals surface area (Å²) in [5.41, 5.74) is 7.86. The molecule has 1 aromatic carbocycles. The Kier molecular flexibility index (Phi) is 5.01. The second kappa shape index (κ2) is 8.28. The Morgan fingerprint density at radius 3 is 1.25 bits per heavy atom. The van der Waals surface area contributed by atoms with Gasteiger partial charge < -0.3 is 20.2 Å². The molecular formula is C26H20N4O2. The van der Waals surface area contributed by atoms with Gasteiger partial charge in [0, 0.05) is 22.1 Å². The highest BCUT2D eigenvalue weighted by atomic mass is 16.3. The number of para-hydroxylation sites is 2. The number of fused-ring (bicyclic) bond motifs is 8. The number of phenols is 2. The summed E-state index contributed by atoms with van der Waals surface area (Å²) in [6, 6.07) is 22.6. The van der Waals surface area contributed by atoms with Crippen LogP contribution in [0.15, 0.2) is 72.8 Å². The van der Waals surface area contributed by atoms with Crippen LogP contribution in [0, 0.1) is 0 Å². The summed E-state index contributed by atoms with van der Waals surface area (Å²) in [5.74, 6) is -0.153. The molecule has 3 aromatic heterocycles. The molecule has 0 saturated heterocycles. The molecule has 0 amide bonds. The Labute approximate surface area is 183 Å². The third kappa shape index (κ3) is 4.44.